The van der Waals surface area contributed by atoms with Crippen molar-refractivity contribution < 1.29 is 14.2 Å². The summed E-state index contributed by atoms with van der Waals surface area (Å²) in [7, 11) is 1.65. The van der Waals surface area contributed by atoms with E-state index >= 15 is 0 Å². The van der Waals surface area contributed by atoms with Gasteiger partial charge in [-0.25, -0.2) is 0 Å². The van der Waals surface area contributed by atoms with Crippen molar-refractivity contribution in [2.75, 3.05) is 46.5 Å². The van der Waals surface area contributed by atoms with Crippen LogP contribution >= 0.6 is 23.2 Å². The number of hydrogen-bond donors (Lipinski definition) is 1. The van der Waals surface area contributed by atoms with Gasteiger partial charge in [0.05, 0.1) is 30.4 Å². The van der Waals surface area contributed by atoms with Crippen molar-refractivity contribution in [3.05, 3.63) is 57.6 Å². The standard InChI is InChI=1S/C21H26Cl2N2O3/c1-26-21-13-16(14-24-6-7-25-8-10-27-11-9-25)3-5-20(21)28-15-17-2-4-18(22)19(23)12-17/h2-5,12-13,24H,6-11,14-15H2,1H3. The first-order chi connectivity index (χ1) is 13.7. The second-order valence-corrected chi connectivity index (χ2v) is 7.47. The first kappa shape index (κ1) is 21.2. The molecule has 0 amide bonds. The number of nitrogens with one attached hydrogen (secondary N) is 1. The number of morpholine rings is 1. The molecule has 1 heterocycles. The van der Waals surface area contributed by atoms with Gasteiger partial charge in [0.25, 0.3) is 0 Å². The topological polar surface area (TPSA) is 43.0 Å². The van der Waals surface area contributed by atoms with Crippen molar-refractivity contribution in [2.45, 2.75) is 13.2 Å². The van der Waals surface area contributed by atoms with E-state index in [0.29, 0.717) is 28.2 Å². The van der Waals surface area contributed by atoms with Crippen LogP contribution in [-0.4, -0.2) is 51.4 Å². The zero-order valence-corrected chi connectivity index (χ0v) is 17.6. The Bertz CT molecular complexity index is 767. The Morgan fingerprint density at radius 1 is 1.00 bits per heavy atom. The van der Waals surface area contributed by atoms with Gasteiger partial charge in [-0.05, 0) is 35.4 Å². The third-order valence-corrected chi connectivity index (χ3v) is 5.38. The zero-order chi connectivity index (χ0) is 19.8. The summed E-state index contributed by atoms with van der Waals surface area (Å²) in [6.07, 6.45) is 0. The third kappa shape index (κ3) is 6.26. The molecular formula is C21H26Cl2N2O3. The lowest BCUT2D eigenvalue weighted by Gasteiger charge is -2.26. The quantitative estimate of drug-likeness (QED) is 0.616. The summed E-state index contributed by atoms with van der Waals surface area (Å²) in [6, 6.07) is 11.5. The molecule has 0 radical (unpaired) electrons. The normalized spacial score (nSPS) is 14.8. The fourth-order valence-electron chi connectivity index (χ4n) is 3.03. The van der Waals surface area contributed by atoms with Gasteiger partial charge >= 0.3 is 0 Å². The molecule has 0 bridgehead atoms. The number of halogens is 2. The number of ether oxygens (including phenoxy) is 3. The predicted molar refractivity (Wildman–Crippen MR) is 113 cm³/mol. The summed E-state index contributed by atoms with van der Waals surface area (Å²) in [5.74, 6) is 1.41. The van der Waals surface area contributed by atoms with E-state index < -0.39 is 0 Å². The lowest BCUT2D eigenvalue weighted by Crippen LogP contribution is -2.40. The molecule has 0 atom stereocenters. The minimum absolute atomic E-state index is 0.393. The van der Waals surface area contributed by atoms with Crippen LogP contribution in [0.3, 0.4) is 0 Å². The van der Waals surface area contributed by atoms with Crippen molar-refractivity contribution in [2.24, 2.45) is 0 Å². The van der Waals surface area contributed by atoms with Crippen LogP contribution < -0.4 is 14.8 Å². The highest BCUT2D eigenvalue weighted by Gasteiger charge is 2.10. The van der Waals surface area contributed by atoms with E-state index in [1.54, 1.807) is 13.2 Å². The molecule has 28 heavy (non-hydrogen) atoms. The molecule has 0 unspecified atom stereocenters. The lowest BCUT2D eigenvalue weighted by atomic mass is 10.2. The summed E-state index contributed by atoms with van der Waals surface area (Å²) in [5.41, 5.74) is 2.10. The molecule has 1 N–H and O–H groups in total. The summed E-state index contributed by atoms with van der Waals surface area (Å²) in [4.78, 5) is 2.41. The molecule has 1 saturated heterocycles. The van der Waals surface area contributed by atoms with Crippen LogP contribution in [0, 0.1) is 0 Å². The zero-order valence-electron chi connectivity index (χ0n) is 16.0. The lowest BCUT2D eigenvalue weighted by molar-refractivity contribution is 0.0384. The Hall–Kier alpha value is -1.50. The summed E-state index contributed by atoms with van der Waals surface area (Å²) < 4.78 is 16.8. The maximum atomic E-state index is 6.06. The minimum atomic E-state index is 0.393. The van der Waals surface area contributed by atoms with Crippen molar-refractivity contribution in [3.63, 3.8) is 0 Å². The van der Waals surface area contributed by atoms with Crippen LogP contribution in [0.15, 0.2) is 36.4 Å². The van der Waals surface area contributed by atoms with Gasteiger partial charge in [-0.15, -0.1) is 0 Å². The molecule has 0 aromatic heterocycles. The molecule has 0 spiro atoms. The number of benzene rings is 2. The maximum absolute atomic E-state index is 6.06. The Labute approximate surface area is 176 Å². The number of nitrogens with zero attached hydrogens (tertiary/aromatic N) is 1. The van der Waals surface area contributed by atoms with Gasteiger partial charge in [0.2, 0.25) is 0 Å². The largest absolute Gasteiger partial charge is 0.493 e. The molecule has 1 aliphatic rings. The van der Waals surface area contributed by atoms with Crippen molar-refractivity contribution in [3.8, 4) is 11.5 Å². The van der Waals surface area contributed by atoms with Gasteiger partial charge in [0, 0.05) is 32.7 Å². The molecule has 2 aromatic rings. The molecule has 2 aromatic carbocycles. The number of hydrogen-bond acceptors (Lipinski definition) is 5. The van der Waals surface area contributed by atoms with E-state index in [2.05, 4.69) is 16.3 Å². The SMILES string of the molecule is COc1cc(CNCCN2CCOCC2)ccc1OCc1ccc(Cl)c(Cl)c1. The van der Waals surface area contributed by atoms with Crippen LogP contribution in [0.1, 0.15) is 11.1 Å². The molecule has 152 valence electrons. The Morgan fingerprint density at radius 3 is 2.54 bits per heavy atom. The van der Waals surface area contributed by atoms with Gasteiger partial charge in [0.1, 0.15) is 6.61 Å². The molecule has 5 nitrogen and oxygen atoms in total. The van der Waals surface area contributed by atoms with Gasteiger partial charge in [-0.2, -0.15) is 0 Å². The van der Waals surface area contributed by atoms with E-state index in [4.69, 9.17) is 37.4 Å². The summed E-state index contributed by atoms with van der Waals surface area (Å²) >= 11 is 12.0. The Kier molecular flexibility index (Phi) is 8.25. The van der Waals surface area contributed by atoms with Gasteiger partial charge < -0.3 is 19.5 Å². The van der Waals surface area contributed by atoms with E-state index in [1.165, 1.54) is 0 Å². The van der Waals surface area contributed by atoms with Gasteiger partial charge in [-0.3, -0.25) is 4.90 Å². The van der Waals surface area contributed by atoms with Crippen molar-refractivity contribution in [1.29, 1.82) is 0 Å². The van der Waals surface area contributed by atoms with Crippen LogP contribution in [0.2, 0.25) is 10.0 Å². The Morgan fingerprint density at radius 2 is 1.79 bits per heavy atom. The highest BCUT2D eigenvalue weighted by atomic mass is 35.5. The van der Waals surface area contributed by atoms with Crippen LogP contribution in [0.5, 0.6) is 11.5 Å². The first-order valence-corrected chi connectivity index (χ1v) is 10.2. The molecule has 7 heteroatoms. The minimum Gasteiger partial charge on any atom is -0.493 e. The summed E-state index contributed by atoms with van der Waals surface area (Å²) in [6.45, 7) is 6.85. The molecule has 0 saturated carbocycles. The van der Waals surface area contributed by atoms with Crippen molar-refractivity contribution >= 4 is 23.2 Å². The number of rotatable bonds is 9. The fraction of sp³-hybridized carbons (Fsp3) is 0.429. The van der Waals surface area contributed by atoms with E-state index in [-0.39, 0.29) is 0 Å². The van der Waals surface area contributed by atoms with E-state index in [1.807, 2.05) is 24.3 Å². The fourth-order valence-corrected chi connectivity index (χ4v) is 3.35. The molecule has 1 aliphatic heterocycles. The molecule has 3 rings (SSSR count). The molecule has 0 aliphatic carbocycles. The van der Waals surface area contributed by atoms with E-state index in [0.717, 1.165) is 57.1 Å². The van der Waals surface area contributed by atoms with Crippen LogP contribution in [0.25, 0.3) is 0 Å². The van der Waals surface area contributed by atoms with Gasteiger partial charge in [-0.1, -0.05) is 35.3 Å². The monoisotopic (exact) mass is 424 g/mol. The van der Waals surface area contributed by atoms with Crippen LogP contribution in [-0.2, 0) is 17.9 Å². The van der Waals surface area contributed by atoms with E-state index in [9.17, 15) is 0 Å². The number of methoxy groups -OCH3 is 1. The Balaban J connectivity index is 1.49. The molecular weight excluding hydrogens is 399 g/mol. The predicted octanol–water partition coefficient (Wildman–Crippen LogP) is 4.00. The second-order valence-electron chi connectivity index (χ2n) is 6.65. The maximum Gasteiger partial charge on any atom is 0.161 e. The smallest absolute Gasteiger partial charge is 0.161 e. The average Bonchev–Trinajstić information content (AvgIpc) is 2.73. The van der Waals surface area contributed by atoms with Crippen molar-refractivity contribution in [1.82, 2.24) is 10.2 Å². The van der Waals surface area contributed by atoms with Crippen LogP contribution in [0.4, 0.5) is 0 Å². The highest BCUT2D eigenvalue weighted by molar-refractivity contribution is 6.42. The van der Waals surface area contributed by atoms with Gasteiger partial charge in [0.15, 0.2) is 11.5 Å². The third-order valence-electron chi connectivity index (χ3n) is 4.64. The summed E-state index contributed by atoms with van der Waals surface area (Å²) in [5, 5.41) is 4.54. The highest BCUT2D eigenvalue weighted by Crippen LogP contribution is 2.29. The molecule has 1 fully saturated rings. The first-order valence-electron chi connectivity index (χ1n) is 9.40. The average molecular weight is 425 g/mol. The second kappa shape index (κ2) is 10.9.